The van der Waals surface area contributed by atoms with Crippen LogP contribution in [0.2, 0.25) is 0 Å². The maximum absolute atomic E-state index is 5.62. The maximum atomic E-state index is 5.62. The molecule has 0 bridgehead atoms. The van der Waals surface area contributed by atoms with Crippen molar-refractivity contribution in [2.24, 2.45) is 5.73 Å². The van der Waals surface area contributed by atoms with E-state index in [1.54, 1.807) is 0 Å². The summed E-state index contributed by atoms with van der Waals surface area (Å²) in [5.41, 5.74) is 11.8. The second kappa shape index (κ2) is 5.77. The van der Waals surface area contributed by atoms with Gasteiger partial charge in [0.1, 0.15) is 5.82 Å². The largest absolute Gasteiger partial charge is 0.368 e. The predicted molar refractivity (Wildman–Crippen MR) is 90.2 cm³/mol. The molecule has 0 aliphatic carbocycles. The number of nitrogens with one attached hydrogen (secondary N) is 1. The third kappa shape index (κ3) is 2.44. The Balaban J connectivity index is 2.19. The first-order valence-corrected chi connectivity index (χ1v) is 7.48. The number of anilines is 1. The molecule has 114 valence electrons. The van der Waals surface area contributed by atoms with Crippen molar-refractivity contribution in [2.75, 3.05) is 18.4 Å². The number of nitrogens with zero attached hydrogens (tertiary/aromatic N) is 3. The van der Waals surface area contributed by atoms with Crippen LogP contribution >= 0.6 is 0 Å². The van der Waals surface area contributed by atoms with E-state index in [9.17, 15) is 0 Å². The SMILES string of the molecule is Cc1ccccc1-c1cc2nc(C)c(C)c(NCCN)n2n1. The second-order valence-electron chi connectivity index (χ2n) is 5.50. The molecule has 0 aliphatic heterocycles. The molecule has 0 aliphatic rings. The summed E-state index contributed by atoms with van der Waals surface area (Å²) in [6, 6.07) is 10.3. The number of fused-ring (bicyclic) bond motifs is 1. The fraction of sp³-hybridized carbons (Fsp3) is 0.294. The summed E-state index contributed by atoms with van der Waals surface area (Å²) in [4.78, 5) is 4.65. The Kier molecular flexibility index (Phi) is 3.81. The van der Waals surface area contributed by atoms with Gasteiger partial charge in [-0.05, 0) is 26.3 Å². The molecule has 3 rings (SSSR count). The number of aromatic nitrogens is 3. The zero-order chi connectivity index (χ0) is 15.7. The summed E-state index contributed by atoms with van der Waals surface area (Å²) in [7, 11) is 0. The van der Waals surface area contributed by atoms with Crippen molar-refractivity contribution < 1.29 is 0 Å². The van der Waals surface area contributed by atoms with Crippen LogP contribution in [0, 0.1) is 20.8 Å². The van der Waals surface area contributed by atoms with Gasteiger partial charge >= 0.3 is 0 Å². The number of rotatable bonds is 4. The standard InChI is InChI=1S/C17H21N5/c1-11-6-4-5-7-14(11)15-10-16-20-13(3)12(2)17(19-9-8-18)22(16)21-15/h4-7,10,19H,8-9,18H2,1-3H3. The van der Waals surface area contributed by atoms with Crippen molar-refractivity contribution in [3.63, 3.8) is 0 Å². The molecule has 0 radical (unpaired) electrons. The fourth-order valence-electron chi connectivity index (χ4n) is 2.59. The van der Waals surface area contributed by atoms with E-state index < -0.39 is 0 Å². The Morgan fingerprint density at radius 1 is 1.18 bits per heavy atom. The summed E-state index contributed by atoms with van der Waals surface area (Å²) < 4.78 is 1.87. The zero-order valence-corrected chi connectivity index (χ0v) is 13.2. The normalized spacial score (nSPS) is 11.1. The minimum Gasteiger partial charge on any atom is -0.368 e. The maximum Gasteiger partial charge on any atom is 0.158 e. The van der Waals surface area contributed by atoms with Crippen LogP contribution in [-0.4, -0.2) is 27.7 Å². The number of hydrogen-bond donors (Lipinski definition) is 2. The minimum absolute atomic E-state index is 0.578. The average Bonchev–Trinajstić information content (AvgIpc) is 2.91. The van der Waals surface area contributed by atoms with Crippen LogP contribution < -0.4 is 11.1 Å². The van der Waals surface area contributed by atoms with Gasteiger partial charge in [-0.2, -0.15) is 9.61 Å². The quantitative estimate of drug-likeness (QED) is 0.776. The van der Waals surface area contributed by atoms with E-state index >= 15 is 0 Å². The van der Waals surface area contributed by atoms with Gasteiger partial charge in [-0.1, -0.05) is 24.3 Å². The van der Waals surface area contributed by atoms with Crippen molar-refractivity contribution in [3.8, 4) is 11.3 Å². The topological polar surface area (TPSA) is 68.2 Å². The van der Waals surface area contributed by atoms with Crippen LogP contribution in [0.15, 0.2) is 30.3 Å². The van der Waals surface area contributed by atoms with E-state index in [1.807, 2.05) is 29.6 Å². The Labute approximate surface area is 130 Å². The molecule has 0 saturated heterocycles. The monoisotopic (exact) mass is 295 g/mol. The zero-order valence-electron chi connectivity index (χ0n) is 13.2. The van der Waals surface area contributed by atoms with Crippen molar-refractivity contribution >= 4 is 11.5 Å². The van der Waals surface area contributed by atoms with E-state index in [-0.39, 0.29) is 0 Å². The Hall–Kier alpha value is -2.40. The fourth-order valence-corrected chi connectivity index (χ4v) is 2.59. The third-order valence-electron chi connectivity index (χ3n) is 3.94. The van der Waals surface area contributed by atoms with Gasteiger partial charge in [-0.25, -0.2) is 4.98 Å². The molecule has 5 nitrogen and oxygen atoms in total. The Bertz CT molecular complexity index is 819. The number of aryl methyl sites for hydroxylation is 2. The van der Waals surface area contributed by atoms with Gasteiger partial charge in [0.15, 0.2) is 5.65 Å². The summed E-state index contributed by atoms with van der Waals surface area (Å²) in [6.07, 6.45) is 0. The molecule has 0 atom stereocenters. The van der Waals surface area contributed by atoms with Crippen molar-refractivity contribution in [1.82, 2.24) is 14.6 Å². The smallest absolute Gasteiger partial charge is 0.158 e. The summed E-state index contributed by atoms with van der Waals surface area (Å²) in [5, 5.41) is 8.11. The molecule has 0 unspecified atom stereocenters. The predicted octanol–water partition coefficient (Wildman–Crippen LogP) is 2.69. The third-order valence-corrected chi connectivity index (χ3v) is 3.94. The molecule has 22 heavy (non-hydrogen) atoms. The lowest BCUT2D eigenvalue weighted by atomic mass is 10.1. The molecule has 0 spiro atoms. The molecule has 0 fully saturated rings. The van der Waals surface area contributed by atoms with Gasteiger partial charge in [0, 0.05) is 36.0 Å². The Morgan fingerprint density at radius 2 is 1.95 bits per heavy atom. The van der Waals surface area contributed by atoms with Gasteiger partial charge in [0.25, 0.3) is 0 Å². The van der Waals surface area contributed by atoms with Gasteiger partial charge in [0.05, 0.1) is 5.69 Å². The molecule has 0 saturated carbocycles. The highest BCUT2D eigenvalue weighted by molar-refractivity contribution is 5.69. The molecule has 0 amide bonds. The lowest BCUT2D eigenvalue weighted by Gasteiger charge is -2.12. The van der Waals surface area contributed by atoms with Crippen LogP contribution in [0.4, 0.5) is 5.82 Å². The van der Waals surface area contributed by atoms with E-state index in [0.717, 1.165) is 34.0 Å². The van der Waals surface area contributed by atoms with E-state index in [0.29, 0.717) is 13.1 Å². The Morgan fingerprint density at radius 3 is 2.68 bits per heavy atom. The van der Waals surface area contributed by atoms with Gasteiger partial charge in [0.2, 0.25) is 0 Å². The van der Waals surface area contributed by atoms with E-state index in [1.165, 1.54) is 5.56 Å². The summed E-state index contributed by atoms with van der Waals surface area (Å²) >= 11 is 0. The number of benzene rings is 1. The number of hydrogen-bond acceptors (Lipinski definition) is 4. The van der Waals surface area contributed by atoms with Crippen LogP contribution in [0.25, 0.3) is 16.9 Å². The summed E-state index contributed by atoms with van der Waals surface area (Å²) in [5.74, 6) is 0.966. The highest BCUT2D eigenvalue weighted by Gasteiger charge is 2.13. The van der Waals surface area contributed by atoms with Crippen molar-refractivity contribution in [2.45, 2.75) is 20.8 Å². The first-order valence-electron chi connectivity index (χ1n) is 7.48. The van der Waals surface area contributed by atoms with E-state index in [2.05, 4.69) is 36.3 Å². The first-order chi connectivity index (χ1) is 10.6. The van der Waals surface area contributed by atoms with Gasteiger partial charge < -0.3 is 11.1 Å². The lowest BCUT2D eigenvalue weighted by Crippen LogP contribution is -2.17. The van der Waals surface area contributed by atoms with Gasteiger partial charge in [-0.15, -0.1) is 0 Å². The average molecular weight is 295 g/mol. The van der Waals surface area contributed by atoms with Gasteiger partial charge in [-0.3, -0.25) is 0 Å². The minimum atomic E-state index is 0.578. The van der Waals surface area contributed by atoms with Crippen molar-refractivity contribution in [1.29, 1.82) is 0 Å². The van der Waals surface area contributed by atoms with Crippen LogP contribution in [-0.2, 0) is 0 Å². The molecular formula is C17H21N5. The molecule has 2 aromatic heterocycles. The van der Waals surface area contributed by atoms with Crippen molar-refractivity contribution in [3.05, 3.63) is 47.2 Å². The molecule has 2 heterocycles. The van der Waals surface area contributed by atoms with Crippen LogP contribution in [0.5, 0.6) is 0 Å². The van der Waals surface area contributed by atoms with E-state index in [4.69, 9.17) is 10.8 Å². The second-order valence-corrected chi connectivity index (χ2v) is 5.50. The highest BCUT2D eigenvalue weighted by atomic mass is 15.3. The highest BCUT2D eigenvalue weighted by Crippen LogP contribution is 2.26. The lowest BCUT2D eigenvalue weighted by molar-refractivity contribution is 0.899. The van der Waals surface area contributed by atoms with Crippen LogP contribution in [0.1, 0.15) is 16.8 Å². The van der Waals surface area contributed by atoms with Crippen LogP contribution in [0.3, 0.4) is 0 Å². The molecular weight excluding hydrogens is 274 g/mol. The molecule has 5 heteroatoms. The molecule has 3 aromatic rings. The molecule has 3 N–H and O–H groups in total. The first kappa shape index (κ1) is 14.5. The molecule has 1 aromatic carbocycles. The number of nitrogens with two attached hydrogens (primary N) is 1. The summed E-state index contributed by atoms with van der Waals surface area (Å²) in [6.45, 7) is 7.45.